The van der Waals surface area contributed by atoms with Crippen LogP contribution in [0.4, 0.5) is 10.1 Å². The summed E-state index contributed by atoms with van der Waals surface area (Å²) in [6.07, 6.45) is 5.00. The fourth-order valence-electron chi connectivity index (χ4n) is 3.89. The third-order valence-corrected chi connectivity index (χ3v) is 5.95. The summed E-state index contributed by atoms with van der Waals surface area (Å²) >= 11 is 5.76. The Balaban J connectivity index is 1.50. The van der Waals surface area contributed by atoms with Gasteiger partial charge in [0.25, 0.3) is 0 Å². The summed E-state index contributed by atoms with van der Waals surface area (Å²) in [5.74, 6) is -0.306. The third kappa shape index (κ3) is 4.99. The summed E-state index contributed by atoms with van der Waals surface area (Å²) < 4.78 is 13.2. The first kappa shape index (κ1) is 20.1. The third-order valence-electron chi connectivity index (χ3n) is 5.66. The highest BCUT2D eigenvalue weighted by molar-refractivity contribution is 6.31. The molecule has 0 saturated carbocycles. The molecule has 2 amide bonds. The second-order valence-electron chi connectivity index (χ2n) is 7.49. The van der Waals surface area contributed by atoms with Crippen LogP contribution in [0.1, 0.15) is 39.0 Å². The Bertz CT molecular complexity index is 686. The van der Waals surface area contributed by atoms with Gasteiger partial charge in [0, 0.05) is 24.7 Å². The van der Waals surface area contributed by atoms with Crippen molar-refractivity contribution in [1.29, 1.82) is 0 Å². The second-order valence-corrected chi connectivity index (χ2v) is 7.90. The summed E-state index contributed by atoms with van der Waals surface area (Å²) in [7, 11) is 0. The van der Waals surface area contributed by atoms with Gasteiger partial charge in [0.1, 0.15) is 5.82 Å². The molecule has 2 aliphatic rings. The quantitative estimate of drug-likeness (QED) is 0.848. The van der Waals surface area contributed by atoms with Gasteiger partial charge >= 0.3 is 0 Å². The molecule has 5 nitrogen and oxygen atoms in total. The van der Waals surface area contributed by atoms with Crippen LogP contribution in [0.3, 0.4) is 0 Å². The Hall–Kier alpha value is -1.66. The lowest BCUT2D eigenvalue weighted by Gasteiger charge is -2.37. The van der Waals surface area contributed by atoms with E-state index in [0.29, 0.717) is 5.69 Å². The van der Waals surface area contributed by atoms with E-state index in [9.17, 15) is 14.0 Å². The molecule has 0 aromatic heterocycles. The number of nitrogens with one attached hydrogen (secondary N) is 1. The standard InChI is InChI=1S/C20H27ClFN3O2/c1-14(19(26)23-16-5-6-18(22)17(21)13-16)24-11-7-15(8-12-24)20(27)25-9-3-2-4-10-25/h5-6,13-15H,2-4,7-12H2,1H3,(H,23,26)/t14-/m1/s1. The lowest BCUT2D eigenvalue weighted by atomic mass is 9.93. The minimum absolute atomic E-state index is 0.0162. The highest BCUT2D eigenvalue weighted by Gasteiger charge is 2.32. The van der Waals surface area contributed by atoms with E-state index in [0.717, 1.165) is 51.9 Å². The van der Waals surface area contributed by atoms with Crippen molar-refractivity contribution in [2.75, 3.05) is 31.5 Å². The topological polar surface area (TPSA) is 52.7 Å². The molecule has 7 heteroatoms. The van der Waals surface area contributed by atoms with Crippen molar-refractivity contribution in [2.45, 2.75) is 45.1 Å². The molecule has 27 heavy (non-hydrogen) atoms. The molecule has 0 bridgehead atoms. The molecule has 2 saturated heterocycles. The van der Waals surface area contributed by atoms with Crippen molar-refractivity contribution in [2.24, 2.45) is 5.92 Å². The summed E-state index contributed by atoms with van der Waals surface area (Å²) in [6.45, 7) is 5.08. The van der Waals surface area contributed by atoms with Gasteiger partial charge in [0.2, 0.25) is 11.8 Å². The van der Waals surface area contributed by atoms with Crippen LogP contribution >= 0.6 is 11.6 Å². The van der Waals surface area contributed by atoms with Crippen molar-refractivity contribution in [3.63, 3.8) is 0 Å². The molecular weight excluding hydrogens is 369 g/mol. The van der Waals surface area contributed by atoms with Gasteiger partial charge in [-0.1, -0.05) is 11.6 Å². The first-order valence-corrected chi connectivity index (χ1v) is 10.1. The van der Waals surface area contributed by atoms with E-state index in [1.807, 2.05) is 11.8 Å². The first-order valence-electron chi connectivity index (χ1n) is 9.74. The SMILES string of the molecule is C[C@H](C(=O)Nc1ccc(F)c(Cl)c1)N1CCC(C(=O)N2CCCCC2)CC1. The molecular formula is C20H27ClFN3O2. The van der Waals surface area contributed by atoms with Crippen LogP contribution in [0.15, 0.2) is 18.2 Å². The molecule has 2 aliphatic heterocycles. The van der Waals surface area contributed by atoms with Crippen molar-refractivity contribution in [3.05, 3.63) is 29.0 Å². The zero-order valence-electron chi connectivity index (χ0n) is 15.7. The fourth-order valence-corrected chi connectivity index (χ4v) is 4.07. The van der Waals surface area contributed by atoms with Crippen LogP contribution < -0.4 is 5.32 Å². The number of nitrogens with zero attached hydrogens (tertiary/aromatic N) is 2. The minimum atomic E-state index is -0.511. The maximum Gasteiger partial charge on any atom is 0.241 e. The number of anilines is 1. The Morgan fingerprint density at radius 3 is 2.44 bits per heavy atom. The van der Waals surface area contributed by atoms with Crippen LogP contribution in [0, 0.1) is 11.7 Å². The summed E-state index contributed by atoms with van der Waals surface area (Å²) in [5.41, 5.74) is 0.480. The summed E-state index contributed by atoms with van der Waals surface area (Å²) in [6, 6.07) is 3.82. The summed E-state index contributed by atoms with van der Waals surface area (Å²) in [5, 5.41) is 2.77. The number of carbonyl (C=O) groups excluding carboxylic acids is 2. The monoisotopic (exact) mass is 395 g/mol. The van der Waals surface area contributed by atoms with Crippen LogP contribution in [-0.4, -0.2) is 53.8 Å². The number of halogens is 2. The van der Waals surface area contributed by atoms with Gasteiger partial charge in [-0.2, -0.15) is 0 Å². The Morgan fingerprint density at radius 2 is 1.81 bits per heavy atom. The van der Waals surface area contributed by atoms with E-state index in [-0.39, 0.29) is 28.8 Å². The van der Waals surface area contributed by atoms with Gasteiger partial charge in [0.05, 0.1) is 11.1 Å². The summed E-state index contributed by atoms with van der Waals surface area (Å²) in [4.78, 5) is 29.3. The van der Waals surface area contributed by atoms with Crippen molar-refractivity contribution in [3.8, 4) is 0 Å². The van der Waals surface area contributed by atoms with Crippen LogP contribution in [0.5, 0.6) is 0 Å². The number of benzene rings is 1. The number of amides is 2. The van der Waals surface area contributed by atoms with Gasteiger partial charge in [0.15, 0.2) is 0 Å². The van der Waals surface area contributed by atoms with E-state index < -0.39 is 5.82 Å². The predicted octanol–water partition coefficient (Wildman–Crippen LogP) is 3.53. The minimum Gasteiger partial charge on any atom is -0.342 e. The van der Waals surface area contributed by atoms with Crippen LogP contribution in [-0.2, 0) is 9.59 Å². The second kappa shape index (κ2) is 9.02. The maximum absolute atomic E-state index is 13.2. The highest BCUT2D eigenvalue weighted by Crippen LogP contribution is 2.24. The zero-order chi connectivity index (χ0) is 19.4. The van der Waals surface area contributed by atoms with E-state index in [1.165, 1.54) is 24.6 Å². The lowest BCUT2D eigenvalue weighted by Crippen LogP contribution is -2.49. The molecule has 0 unspecified atom stereocenters. The Morgan fingerprint density at radius 1 is 1.15 bits per heavy atom. The molecule has 148 valence electrons. The van der Waals surface area contributed by atoms with E-state index >= 15 is 0 Å². The van der Waals surface area contributed by atoms with Gasteiger partial charge in [-0.05, 0) is 70.3 Å². The Kier molecular flexibility index (Phi) is 6.71. The largest absolute Gasteiger partial charge is 0.342 e. The first-order chi connectivity index (χ1) is 13.0. The molecule has 0 aliphatic carbocycles. The van der Waals surface area contributed by atoms with Gasteiger partial charge in [-0.25, -0.2) is 4.39 Å². The average Bonchev–Trinajstić information content (AvgIpc) is 2.70. The molecule has 3 rings (SSSR count). The number of hydrogen-bond acceptors (Lipinski definition) is 3. The molecule has 2 fully saturated rings. The number of carbonyl (C=O) groups is 2. The highest BCUT2D eigenvalue weighted by atomic mass is 35.5. The van der Waals surface area contributed by atoms with E-state index in [1.54, 1.807) is 0 Å². The Labute approximate surface area is 164 Å². The predicted molar refractivity (Wildman–Crippen MR) is 104 cm³/mol. The fraction of sp³-hybridized carbons (Fsp3) is 0.600. The van der Waals surface area contributed by atoms with Crippen molar-refractivity contribution >= 4 is 29.1 Å². The van der Waals surface area contributed by atoms with E-state index in [2.05, 4.69) is 10.2 Å². The molecule has 0 radical (unpaired) electrons. The smallest absolute Gasteiger partial charge is 0.241 e. The van der Waals surface area contributed by atoms with Gasteiger partial charge in [-0.15, -0.1) is 0 Å². The lowest BCUT2D eigenvalue weighted by molar-refractivity contribution is -0.138. The molecule has 2 heterocycles. The van der Waals surface area contributed by atoms with E-state index in [4.69, 9.17) is 11.6 Å². The van der Waals surface area contributed by atoms with Gasteiger partial charge in [-0.3, -0.25) is 14.5 Å². The van der Waals surface area contributed by atoms with Crippen LogP contribution in [0.25, 0.3) is 0 Å². The molecule has 1 N–H and O–H groups in total. The zero-order valence-corrected chi connectivity index (χ0v) is 16.5. The average molecular weight is 396 g/mol. The maximum atomic E-state index is 13.2. The molecule has 1 atom stereocenters. The normalized spacial score (nSPS) is 20.3. The number of piperidine rings is 2. The van der Waals surface area contributed by atoms with Crippen molar-refractivity contribution in [1.82, 2.24) is 9.80 Å². The molecule has 1 aromatic carbocycles. The number of rotatable bonds is 4. The molecule has 1 aromatic rings. The number of hydrogen-bond donors (Lipinski definition) is 1. The number of likely N-dealkylation sites (tertiary alicyclic amines) is 2. The van der Waals surface area contributed by atoms with Crippen LogP contribution in [0.2, 0.25) is 5.02 Å². The van der Waals surface area contributed by atoms with Crippen molar-refractivity contribution < 1.29 is 14.0 Å². The molecule has 0 spiro atoms. The van der Waals surface area contributed by atoms with Gasteiger partial charge < -0.3 is 10.2 Å².